The van der Waals surface area contributed by atoms with Gasteiger partial charge in [0.1, 0.15) is 11.3 Å². The Labute approximate surface area is 141 Å². The zero-order valence-electron chi connectivity index (χ0n) is 14.0. The second-order valence-corrected chi connectivity index (χ2v) is 6.16. The van der Waals surface area contributed by atoms with Gasteiger partial charge in [-0.15, -0.1) is 0 Å². The average molecular weight is 324 g/mol. The van der Waals surface area contributed by atoms with Crippen molar-refractivity contribution in [3.8, 4) is 5.75 Å². The predicted octanol–water partition coefficient (Wildman–Crippen LogP) is 2.97. The van der Waals surface area contributed by atoms with Gasteiger partial charge < -0.3 is 10.1 Å². The first-order chi connectivity index (χ1) is 11.4. The molecule has 0 aromatic heterocycles. The Morgan fingerprint density at radius 2 is 1.67 bits per heavy atom. The quantitative estimate of drug-likeness (QED) is 0.880. The number of benzene rings is 2. The van der Waals surface area contributed by atoms with Crippen LogP contribution in [0.15, 0.2) is 48.5 Å². The van der Waals surface area contributed by atoms with E-state index in [0.717, 1.165) is 16.7 Å². The van der Waals surface area contributed by atoms with Gasteiger partial charge in [-0.3, -0.25) is 9.69 Å². The molecular formula is C19H20N2O3. The van der Waals surface area contributed by atoms with Crippen LogP contribution in [0.2, 0.25) is 0 Å². The minimum atomic E-state index is -1.06. The zero-order valence-corrected chi connectivity index (χ0v) is 14.0. The molecule has 1 saturated heterocycles. The van der Waals surface area contributed by atoms with Crippen molar-refractivity contribution in [2.45, 2.75) is 25.9 Å². The molecule has 2 aromatic carbocycles. The molecular weight excluding hydrogens is 304 g/mol. The number of ether oxygens (including phenoxy) is 1. The van der Waals surface area contributed by atoms with Gasteiger partial charge in [-0.2, -0.15) is 0 Å². The number of hydrogen-bond acceptors (Lipinski definition) is 3. The number of urea groups is 1. The van der Waals surface area contributed by atoms with Crippen molar-refractivity contribution in [2.75, 3.05) is 7.11 Å². The molecule has 0 spiro atoms. The molecule has 0 unspecified atom stereocenters. The minimum absolute atomic E-state index is 0.252. The number of nitrogens with zero attached hydrogens (tertiary/aromatic N) is 1. The van der Waals surface area contributed by atoms with Crippen LogP contribution in [0.5, 0.6) is 5.75 Å². The molecule has 1 heterocycles. The highest BCUT2D eigenvalue weighted by Gasteiger charge is 2.48. The van der Waals surface area contributed by atoms with Crippen LogP contribution in [-0.2, 0) is 16.9 Å². The molecule has 0 aliphatic carbocycles. The van der Waals surface area contributed by atoms with Crippen molar-refractivity contribution in [1.82, 2.24) is 10.2 Å². The van der Waals surface area contributed by atoms with E-state index in [1.807, 2.05) is 31.2 Å². The minimum Gasteiger partial charge on any atom is -0.497 e. The number of nitrogens with one attached hydrogen (secondary N) is 1. The highest BCUT2D eigenvalue weighted by molar-refractivity contribution is 6.07. The third kappa shape index (κ3) is 2.73. The van der Waals surface area contributed by atoms with Crippen LogP contribution < -0.4 is 10.1 Å². The molecule has 124 valence electrons. The molecule has 3 amide bonds. The highest BCUT2D eigenvalue weighted by Crippen LogP contribution is 2.30. The molecule has 0 saturated carbocycles. The van der Waals surface area contributed by atoms with E-state index in [1.54, 1.807) is 38.3 Å². The number of imide groups is 1. The van der Waals surface area contributed by atoms with Crippen LogP contribution in [0.3, 0.4) is 0 Å². The summed E-state index contributed by atoms with van der Waals surface area (Å²) < 4.78 is 5.14. The number of amides is 3. The number of carbonyl (C=O) groups is 2. The Balaban J connectivity index is 1.85. The van der Waals surface area contributed by atoms with E-state index < -0.39 is 5.54 Å². The van der Waals surface area contributed by atoms with E-state index in [4.69, 9.17) is 4.74 Å². The van der Waals surface area contributed by atoms with Crippen molar-refractivity contribution in [1.29, 1.82) is 0 Å². The molecule has 24 heavy (non-hydrogen) atoms. The van der Waals surface area contributed by atoms with Crippen molar-refractivity contribution < 1.29 is 14.3 Å². The maximum absolute atomic E-state index is 12.9. The average Bonchev–Trinajstić information content (AvgIpc) is 2.81. The summed E-state index contributed by atoms with van der Waals surface area (Å²) in [6, 6.07) is 14.6. The molecule has 0 bridgehead atoms. The molecule has 1 fully saturated rings. The van der Waals surface area contributed by atoms with Crippen LogP contribution in [0.25, 0.3) is 0 Å². The third-order valence-electron chi connectivity index (χ3n) is 4.40. The van der Waals surface area contributed by atoms with Gasteiger partial charge in [0, 0.05) is 0 Å². The fourth-order valence-electron chi connectivity index (χ4n) is 2.84. The van der Waals surface area contributed by atoms with Gasteiger partial charge in [-0.1, -0.05) is 42.0 Å². The van der Waals surface area contributed by atoms with Gasteiger partial charge >= 0.3 is 6.03 Å². The van der Waals surface area contributed by atoms with E-state index >= 15 is 0 Å². The fraction of sp³-hybridized carbons (Fsp3) is 0.263. The Morgan fingerprint density at radius 1 is 1.04 bits per heavy atom. The summed E-state index contributed by atoms with van der Waals surface area (Å²) in [7, 11) is 1.59. The van der Waals surface area contributed by atoms with Gasteiger partial charge in [0.15, 0.2) is 0 Å². The molecule has 5 nitrogen and oxygen atoms in total. The summed E-state index contributed by atoms with van der Waals surface area (Å²) in [5.74, 6) is 0.453. The van der Waals surface area contributed by atoms with Crippen LogP contribution in [0, 0.1) is 6.92 Å². The maximum atomic E-state index is 12.9. The Hall–Kier alpha value is -2.82. The van der Waals surface area contributed by atoms with Gasteiger partial charge in [0.25, 0.3) is 5.91 Å². The topological polar surface area (TPSA) is 58.6 Å². The Bertz CT molecular complexity index is 768. The van der Waals surface area contributed by atoms with Gasteiger partial charge in [-0.25, -0.2) is 4.79 Å². The number of rotatable bonds is 4. The summed E-state index contributed by atoms with van der Waals surface area (Å²) in [5, 5.41) is 2.81. The normalized spacial score (nSPS) is 20.2. The van der Waals surface area contributed by atoms with E-state index in [0.29, 0.717) is 5.75 Å². The third-order valence-corrected chi connectivity index (χ3v) is 4.40. The molecule has 1 aliphatic heterocycles. The van der Waals surface area contributed by atoms with E-state index in [1.165, 1.54) is 4.90 Å². The number of methoxy groups -OCH3 is 1. The van der Waals surface area contributed by atoms with Crippen LogP contribution >= 0.6 is 0 Å². The van der Waals surface area contributed by atoms with Crippen molar-refractivity contribution in [2.24, 2.45) is 0 Å². The van der Waals surface area contributed by atoms with E-state index in [-0.39, 0.29) is 18.5 Å². The van der Waals surface area contributed by atoms with E-state index in [9.17, 15) is 9.59 Å². The van der Waals surface area contributed by atoms with Crippen molar-refractivity contribution in [3.63, 3.8) is 0 Å². The van der Waals surface area contributed by atoms with E-state index in [2.05, 4.69) is 5.32 Å². The molecule has 1 atom stereocenters. The van der Waals surface area contributed by atoms with Crippen molar-refractivity contribution >= 4 is 11.9 Å². The maximum Gasteiger partial charge on any atom is 0.325 e. The van der Waals surface area contributed by atoms with Crippen LogP contribution in [0.4, 0.5) is 4.79 Å². The van der Waals surface area contributed by atoms with Crippen LogP contribution in [-0.4, -0.2) is 23.9 Å². The monoisotopic (exact) mass is 324 g/mol. The second-order valence-electron chi connectivity index (χ2n) is 6.16. The van der Waals surface area contributed by atoms with Crippen LogP contribution in [0.1, 0.15) is 23.6 Å². The first-order valence-corrected chi connectivity index (χ1v) is 7.78. The SMILES string of the molecule is COc1ccc([C@]2(C)NC(=O)N(Cc3ccc(C)cc3)C2=O)cc1. The first-order valence-electron chi connectivity index (χ1n) is 7.78. The first kappa shape index (κ1) is 16.1. The standard InChI is InChI=1S/C19H20N2O3/c1-13-4-6-14(7-5-13)12-21-17(22)19(2,20-18(21)23)15-8-10-16(24-3)11-9-15/h4-11H,12H2,1-3H3,(H,20,23)/t19-/m0/s1. The van der Waals surface area contributed by atoms with Gasteiger partial charge in [0.05, 0.1) is 13.7 Å². The summed E-state index contributed by atoms with van der Waals surface area (Å²) in [6.07, 6.45) is 0. The molecule has 5 heteroatoms. The Kier molecular flexibility index (Phi) is 4.01. The fourth-order valence-corrected chi connectivity index (χ4v) is 2.84. The molecule has 0 radical (unpaired) electrons. The molecule has 3 rings (SSSR count). The smallest absolute Gasteiger partial charge is 0.325 e. The zero-order chi connectivity index (χ0) is 17.3. The number of hydrogen-bond donors (Lipinski definition) is 1. The summed E-state index contributed by atoms with van der Waals surface area (Å²) in [4.78, 5) is 26.5. The summed E-state index contributed by atoms with van der Waals surface area (Å²) >= 11 is 0. The highest BCUT2D eigenvalue weighted by atomic mass is 16.5. The van der Waals surface area contributed by atoms with Crippen molar-refractivity contribution in [3.05, 3.63) is 65.2 Å². The molecule has 1 N–H and O–H groups in total. The summed E-state index contributed by atoms with van der Waals surface area (Å²) in [5.41, 5.74) is 1.73. The molecule has 2 aromatic rings. The lowest BCUT2D eigenvalue weighted by molar-refractivity contribution is -0.131. The number of aryl methyl sites for hydroxylation is 1. The largest absolute Gasteiger partial charge is 0.497 e. The summed E-state index contributed by atoms with van der Waals surface area (Å²) in [6.45, 7) is 3.99. The van der Waals surface area contributed by atoms with Gasteiger partial charge in [-0.05, 0) is 37.1 Å². The van der Waals surface area contributed by atoms with Gasteiger partial charge in [0.2, 0.25) is 0 Å². The Morgan fingerprint density at radius 3 is 2.25 bits per heavy atom. The molecule has 1 aliphatic rings. The lowest BCUT2D eigenvalue weighted by Gasteiger charge is -2.22. The lowest BCUT2D eigenvalue weighted by Crippen LogP contribution is -2.40. The lowest BCUT2D eigenvalue weighted by atomic mass is 9.92. The predicted molar refractivity (Wildman–Crippen MR) is 90.6 cm³/mol. The second kappa shape index (κ2) is 6.00. The number of carbonyl (C=O) groups excluding carboxylic acids is 2.